The van der Waals surface area contributed by atoms with Gasteiger partial charge in [0.2, 0.25) is 0 Å². The number of rotatable bonds is 7. The maximum Gasteiger partial charge on any atom is 0.183 e. The first kappa shape index (κ1) is 20.4. The molecule has 0 aliphatic rings. The molecule has 0 fully saturated rings. The van der Waals surface area contributed by atoms with Gasteiger partial charge in [-0.1, -0.05) is 30.3 Å². The van der Waals surface area contributed by atoms with Crippen LogP contribution in [-0.4, -0.2) is 39.0 Å². The molecule has 0 aliphatic carbocycles. The lowest BCUT2D eigenvalue weighted by Crippen LogP contribution is -2.03. The van der Waals surface area contributed by atoms with Gasteiger partial charge in [0.1, 0.15) is 11.4 Å². The average Bonchev–Trinajstić information content (AvgIpc) is 3.23. The molecule has 5 aromatic rings. The predicted octanol–water partition coefficient (Wildman–Crippen LogP) is 4.70. The number of hydrogen-bond acceptors (Lipinski definition) is 7. The summed E-state index contributed by atoms with van der Waals surface area (Å²) in [6.07, 6.45) is 5.08. The molecule has 33 heavy (non-hydrogen) atoms. The maximum atomic E-state index is 5.46. The first-order valence-corrected chi connectivity index (χ1v) is 10.4. The number of nitrogens with one attached hydrogen (secondary N) is 1. The molecule has 5 rings (SSSR count). The van der Waals surface area contributed by atoms with Gasteiger partial charge >= 0.3 is 0 Å². The zero-order valence-corrected chi connectivity index (χ0v) is 18.3. The van der Waals surface area contributed by atoms with E-state index in [9.17, 15) is 0 Å². The van der Waals surface area contributed by atoms with Gasteiger partial charge in [-0.3, -0.25) is 9.67 Å². The van der Waals surface area contributed by atoms with Crippen molar-refractivity contribution in [3.63, 3.8) is 0 Å². The smallest absolute Gasteiger partial charge is 0.183 e. The van der Waals surface area contributed by atoms with Crippen LogP contribution >= 0.6 is 0 Å². The van der Waals surface area contributed by atoms with E-state index >= 15 is 0 Å². The van der Waals surface area contributed by atoms with Crippen LogP contribution in [0.1, 0.15) is 5.56 Å². The molecule has 0 saturated carbocycles. The molecule has 0 radical (unpaired) electrons. The fraction of sp³-hybridized carbons (Fsp3) is 0.120. The molecule has 8 nitrogen and oxygen atoms in total. The normalized spacial score (nSPS) is 10.8. The lowest BCUT2D eigenvalue weighted by Gasteiger charge is -2.10. The Morgan fingerprint density at radius 2 is 1.70 bits per heavy atom. The molecule has 0 atom stereocenters. The molecular formula is C25H22N6O2. The monoisotopic (exact) mass is 438 g/mol. The van der Waals surface area contributed by atoms with Crippen LogP contribution in [-0.2, 0) is 6.54 Å². The number of benzene rings is 2. The highest BCUT2D eigenvalue weighted by Gasteiger charge is 2.17. The Bertz CT molecular complexity index is 1380. The van der Waals surface area contributed by atoms with Crippen molar-refractivity contribution in [1.29, 1.82) is 0 Å². The van der Waals surface area contributed by atoms with Crippen LogP contribution in [0.4, 0.5) is 11.5 Å². The van der Waals surface area contributed by atoms with E-state index in [1.807, 2.05) is 59.3 Å². The molecule has 164 valence electrons. The standard InChI is InChI=1S/C25H22N6O2/c1-32-19-9-7-17(8-10-19)16-31-21-6-4-3-5-20(21)23(30-31)25-27-15-22(33-2)24(29-25)28-18-11-13-26-14-12-18/h3-15H,16H2,1-2H3,(H,26,27,28,29). The van der Waals surface area contributed by atoms with Crippen molar-refractivity contribution < 1.29 is 9.47 Å². The number of fused-ring (bicyclic) bond motifs is 1. The van der Waals surface area contributed by atoms with Crippen LogP contribution in [0.15, 0.2) is 79.3 Å². The summed E-state index contributed by atoms with van der Waals surface area (Å²) in [5.41, 5.74) is 3.68. The number of hydrogen-bond donors (Lipinski definition) is 1. The Kier molecular flexibility index (Phi) is 5.55. The molecule has 3 aromatic heterocycles. The number of methoxy groups -OCH3 is 2. The van der Waals surface area contributed by atoms with Crippen molar-refractivity contribution in [2.24, 2.45) is 0 Å². The summed E-state index contributed by atoms with van der Waals surface area (Å²) in [5.74, 6) is 2.43. The number of aromatic nitrogens is 5. The van der Waals surface area contributed by atoms with Gasteiger partial charge in [-0.2, -0.15) is 5.10 Å². The van der Waals surface area contributed by atoms with Crippen LogP contribution in [0.2, 0.25) is 0 Å². The van der Waals surface area contributed by atoms with Gasteiger partial charge in [-0.25, -0.2) is 9.97 Å². The van der Waals surface area contributed by atoms with Crippen LogP contribution in [0.25, 0.3) is 22.4 Å². The largest absolute Gasteiger partial charge is 0.497 e. The lowest BCUT2D eigenvalue weighted by atomic mass is 10.2. The molecule has 1 N–H and O–H groups in total. The van der Waals surface area contributed by atoms with E-state index in [2.05, 4.69) is 21.4 Å². The fourth-order valence-corrected chi connectivity index (χ4v) is 3.61. The van der Waals surface area contributed by atoms with Crippen molar-refractivity contribution in [2.75, 3.05) is 19.5 Å². The van der Waals surface area contributed by atoms with E-state index in [0.29, 0.717) is 29.6 Å². The van der Waals surface area contributed by atoms with E-state index in [-0.39, 0.29) is 0 Å². The molecule has 0 amide bonds. The number of para-hydroxylation sites is 1. The highest BCUT2D eigenvalue weighted by atomic mass is 16.5. The predicted molar refractivity (Wildman–Crippen MR) is 127 cm³/mol. The second-order valence-electron chi connectivity index (χ2n) is 7.34. The highest BCUT2D eigenvalue weighted by Crippen LogP contribution is 2.31. The Hall–Kier alpha value is -4.46. The van der Waals surface area contributed by atoms with E-state index in [1.165, 1.54) is 0 Å². The maximum absolute atomic E-state index is 5.46. The summed E-state index contributed by atoms with van der Waals surface area (Å²) in [6.45, 7) is 0.614. The molecule has 8 heteroatoms. The van der Waals surface area contributed by atoms with Crippen molar-refractivity contribution >= 4 is 22.4 Å². The number of nitrogens with zero attached hydrogens (tertiary/aromatic N) is 5. The average molecular weight is 438 g/mol. The van der Waals surface area contributed by atoms with Crippen LogP contribution < -0.4 is 14.8 Å². The number of pyridine rings is 1. The zero-order chi connectivity index (χ0) is 22.6. The fourth-order valence-electron chi connectivity index (χ4n) is 3.61. The third-order valence-corrected chi connectivity index (χ3v) is 5.28. The third-order valence-electron chi connectivity index (χ3n) is 5.28. The second kappa shape index (κ2) is 8.96. The summed E-state index contributed by atoms with van der Waals surface area (Å²) in [7, 11) is 3.25. The summed E-state index contributed by atoms with van der Waals surface area (Å²) in [6, 6.07) is 19.8. The molecule has 3 heterocycles. The first-order valence-electron chi connectivity index (χ1n) is 10.4. The summed E-state index contributed by atoms with van der Waals surface area (Å²) < 4.78 is 12.7. The Morgan fingerprint density at radius 1 is 0.909 bits per heavy atom. The Labute approximate surface area is 190 Å². The van der Waals surface area contributed by atoms with Crippen molar-refractivity contribution in [3.8, 4) is 23.0 Å². The quantitative estimate of drug-likeness (QED) is 0.394. The third kappa shape index (κ3) is 4.18. The van der Waals surface area contributed by atoms with Crippen LogP contribution in [0.5, 0.6) is 11.5 Å². The molecule has 2 aromatic carbocycles. The van der Waals surface area contributed by atoms with Gasteiger partial charge in [-0.15, -0.1) is 0 Å². The Balaban J connectivity index is 1.55. The van der Waals surface area contributed by atoms with E-state index < -0.39 is 0 Å². The number of anilines is 2. The van der Waals surface area contributed by atoms with Gasteiger partial charge in [0.25, 0.3) is 0 Å². The van der Waals surface area contributed by atoms with Crippen molar-refractivity contribution in [1.82, 2.24) is 24.7 Å². The topological polar surface area (TPSA) is 87.0 Å². The minimum Gasteiger partial charge on any atom is -0.497 e. The highest BCUT2D eigenvalue weighted by molar-refractivity contribution is 5.92. The van der Waals surface area contributed by atoms with Gasteiger partial charge in [0, 0.05) is 23.5 Å². The molecule has 0 aliphatic heterocycles. The van der Waals surface area contributed by atoms with E-state index in [0.717, 1.165) is 27.9 Å². The molecule has 0 spiro atoms. The number of ether oxygens (including phenoxy) is 2. The van der Waals surface area contributed by atoms with Crippen molar-refractivity contribution in [2.45, 2.75) is 6.54 Å². The summed E-state index contributed by atoms with van der Waals surface area (Å²) >= 11 is 0. The van der Waals surface area contributed by atoms with Crippen LogP contribution in [0, 0.1) is 0 Å². The Morgan fingerprint density at radius 3 is 2.45 bits per heavy atom. The van der Waals surface area contributed by atoms with Gasteiger partial charge in [0.15, 0.2) is 17.4 Å². The molecule has 0 saturated heterocycles. The summed E-state index contributed by atoms with van der Waals surface area (Å²) in [4.78, 5) is 13.3. The van der Waals surface area contributed by atoms with Gasteiger partial charge in [-0.05, 0) is 35.9 Å². The second-order valence-corrected chi connectivity index (χ2v) is 7.34. The molecule has 0 unspecified atom stereocenters. The van der Waals surface area contributed by atoms with Gasteiger partial charge < -0.3 is 14.8 Å². The van der Waals surface area contributed by atoms with Gasteiger partial charge in [0.05, 0.1) is 32.5 Å². The zero-order valence-electron chi connectivity index (χ0n) is 18.3. The minimum absolute atomic E-state index is 0.511. The first-order chi connectivity index (χ1) is 16.2. The minimum atomic E-state index is 0.511. The van der Waals surface area contributed by atoms with E-state index in [4.69, 9.17) is 19.6 Å². The lowest BCUT2D eigenvalue weighted by molar-refractivity contribution is 0.413. The van der Waals surface area contributed by atoms with E-state index in [1.54, 1.807) is 32.8 Å². The van der Waals surface area contributed by atoms with Crippen molar-refractivity contribution in [3.05, 3.63) is 84.8 Å². The molecular weight excluding hydrogens is 416 g/mol. The molecule has 0 bridgehead atoms. The van der Waals surface area contributed by atoms with Crippen LogP contribution in [0.3, 0.4) is 0 Å². The SMILES string of the molecule is COc1ccc(Cn2nc(-c3ncc(OC)c(Nc4ccncc4)n3)c3ccccc32)cc1. The summed E-state index contributed by atoms with van der Waals surface area (Å²) in [5, 5.41) is 9.14.